The van der Waals surface area contributed by atoms with Crippen molar-refractivity contribution in [1.29, 1.82) is 0 Å². The molecule has 0 unspecified atom stereocenters. The highest BCUT2D eigenvalue weighted by Gasteiger charge is 2.16. The zero-order valence-corrected chi connectivity index (χ0v) is 11.6. The Bertz CT molecular complexity index is 473. The Balaban J connectivity index is 3.27. The predicted molar refractivity (Wildman–Crippen MR) is 62.1 cm³/mol. The van der Waals surface area contributed by atoms with Gasteiger partial charge in [-0.05, 0) is 28.1 Å². The third-order valence-electron chi connectivity index (χ3n) is 1.62. The van der Waals surface area contributed by atoms with Crippen LogP contribution in [0.25, 0.3) is 0 Å². The van der Waals surface area contributed by atoms with Gasteiger partial charge in [0.15, 0.2) is 0 Å². The van der Waals surface area contributed by atoms with Crippen molar-refractivity contribution in [3.8, 4) is 5.75 Å². The summed E-state index contributed by atoms with van der Waals surface area (Å²) in [5.41, 5.74) is 0.265. The minimum Gasteiger partial charge on any atom is -0.495 e. The van der Waals surface area contributed by atoms with Gasteiger partial charge in [0.05, 0.1) is 11.6 Å². The van der Waals surface area contributed by atoms with Gasteiger partial charge in [-0.25, -0.2) is 0 Å². The molecule has 0 aliphatic carbocycles. The van der Waals surface area contributed by atoms with E-state index in [4.69, 9.17) is 4.74 Å². The lowest BCUT2D eigenvalue weighted by molar-refractivity contribution is 0.408. The number of rotatable bonds is 3. The van der Waals surface area contributed by atoms with Gasteiger partial charge >= 0.3 is 10.2 Å². The van der Waals surface area contributed by atoms with E-state index in [9.17, 15) is 12.3 Å². The lowest BCUT2D eigenvalue weighted by Crippen LogP contribution is -2.00. The molecule has 1 aromatic rings. The molecule has 0 saturated carbocycles. The van der Waals surface area contributed by atoms with E-state index in [2.05, 4.69) is 31.9 Å². The number of halogens is 3. The molecule has 84 valence electrons. The minimum absolute atomic E-state index is 0.265. The van der Waals surface area contributed by atoms with Crippen molar-refractivity contribution < 1.29 is 17.0 Å². The summed E-state index contributed by atoms with van der Waals surface area (Å²) >= 11 is 6.37. The molecular formula is C8H7Br2FO3S. The largest absolute Gasteiger partial charge is 0.495 e. The van der Waals surface area contributed by atoms with Crippen molar-refractivity contribution in [1.82, 2.24) is 0 Å². The van der Waals surface area contributed by atoms with E-state index in [1.807, 2.05) is 0 Å². The summed E-state index contributed by atoms with van der Waals surface area (Å²) in [6.45, 7) is 0. The lowest BCUT2D eigenvalue weighted by Gasteiger charge is -2.09. The van der Waals surface area contributed by atoms with Crippen LogP contribution < -0.4 is 4.74 Å². The molecule has 0 atom stereocenters. The Kier molecular flexibility index (Phi) is 4.13. The molecule has 7 heteroatoms. The van der Waals surface area contributed by atoms with E-state index in [-0.39, 0.29) is 5.56 Å². The van der Waals surface area contributed by atoms with Gasteiger partial charge in [0.25, 0.3) is 0 Å². The molecule has 0 aliphatic heterocycles. The van der Waals surface area contributed by atoms with E-state index in [1.54, 1.807) is 6.07 Å². The molecule has 15 heavy (non-hydrogen) atoms. The van der Waals surface area contributed by atoms with Crippen LogP contribution in [0.5, 0.6) is 5.75 Å². The molecule has 1 aromatic carbocycles. The number of benzene rings is 1. The van der Waals surface area contributed by atoms with Crippen molar-refractivity contribution >= 4 is 42.1 Å². The van der Waals surface area contributed by atoms with Gasteiger partial charge in [0, 0.05) is 10.0 Å². The SMILES string of the molecule is COc1c(Br)cc(Br)cc1CS(=O)(=O)F. The molecular weight excluding hydrogens is 355 g/mol. The summed E-state index contributed by atoms with van der Waals surface area (Å²) in [4.78, 5) is 0. The van der Waals surface area contributed by atoms with Crippen LogP contribution in [-0.2, 0) is 16.0 Å². The van der Waals surface area contributed by atoms with Crippen LogP contribution in [0.2, 0.25) is 0 Å². The Morgan fingerprint density at radius 1 is 1.40 bits per heavy atom. The van der Waals surface area contributed by atoms with Crippen LogP contribution in [0.3, 0.4) is 0 Å². The molecule has 0 bridgehead atoms. The first-order chi connectivity index (χ1) is 6.83. The first-order valence-electron chi connectivity index (χ1n) is 3.77. The summed E-state index contributed by atoms with van der Waals surface area (Å²) in [6, 6.07) is 3.19. The normalized spacial score (nSPS) is 11.5. The molecule has 0 aliphatic rings. The Labute approximate surface area is 104 Å². The lowest BCUT2D eigenvalue weighted by atomic mass is 10.2. The second-order valence-corrected chi connectivity index (χ2v) is 5.90. The maximum atomic E-state index is 12.5. The third-order valence-corrected chi connectivity index (χ3v) is 3.32. The number of ether oxygens (including phenoxy) is 1. The first-order valence-corrected chi connectivity index (χ1v) is 6.91. The molecule has 0 fully saturated rings. The first kappa shape index (κ1) is 12.9. The van der Waals surface area contributed by atoms with Crippen molar-refractivity contribution in [3.05, 3.63) is 26.6 Å². The van der Waals surface area contributed by atoms with E-state index < -0.39 is 16.0 Å². The summed E-state index contributed by atoms with van der Waals surface area (Å²) in [5.74, 6) is -0.381. The van der Waals surface area contributed by atoms with E-state index >= 15 is 0 Å². The summed E-state index contributed by atoms with van der Waals surface area (Å²) in [5, 5.41) is 0. The van der Waals surface area contributed by atoms with Gasteiger partial charge < -0.3 is 4.74 Å². The zero-order valence-electron chi connectivity index (χ0n) is 7.63. The molecule has 3 nitrogen and oxygen atoms in total. The van der Waals surface area contributed by atoms with Gasteiger partial charge in [-0.2, -0.15) is 8.42 Å². The van der Waals surface area contributed by atoms with Gasteiger partial charge in [0.2, 0.25) is 0 Å². The van der Waals surface area contributed by atoms with Crippen molar-refractivity contribution in [2.45, 2.75) is 5.75 Å². The fourth-order valence-corrected chi connectivity index (χ4v) is 3.20. The van der Waals surface area contributed by atoms with Crippen LogP contribution in [0.4, 0.5) is 3.89 Å². The molecule has 0 radical (unpaired) electrons. The highest BCUT2D eigenvalue weighted by molar-refractivity contribution is 9.11. The van der Waals surface area contributed by atoms with Crippen molar-refractivity contribution in [2.75, 3.05) is 7.11 Å². The quantitative estimate of drug-likeness (QED) is 0.777. The fourth-order valence-electron chi connectivity index (χ4n) is 1.14. The highest BCUT2D eigenvalue weighted by Crippen LogP contribution is 2.33. The van der Waals surface area contributed by atoms with Crippen LogP contribution in [0.15, 0.2) is 21.1 Å². The van der Waals surface area contributed by atoms with Gasteiger partial charge in [-0.3, -0.25) is 0 Å². The van der Waals surface area contributed by atoms with E-state index in [0.717, 1.165) is 0 Å². The van der Waals surface area contributed by atoms with Gasteiger partial charge in [-0.1, -0.05) is 15.9 Å². The highest BCUT2D eigenvalue weighted by atomic mass is 79.9. The smallest absolute Gasteiger partial charge is 0.306 e. The second kappa shape index (κ2) is 4.80. The van der Waals surface area contributed by atoms with Gasteiger partial charge in [-0.15, -0.1) is 3.89 Å². The Hall–Kier alpha value is -0.140. The Morgan fingerprint density at radius 2 is 2.00 bits per heavy atom. The van der Waals surface area contributed by atoms with E-state index in [1.165, 1.54) is 13.2 Å². The zero-order chi connectivity index (χ0) is 11.6. The monoisotopic (exact) mass is 360 g/mol. The summed E-state index contributed by atoms with van der Waals surface area (Å²) < 4.78 is 39.8. The fraction of sp³-hybridized carbons (Fsp3) is 0.250. The van der Waals surface area contributed by atoms with Crippen molar-refractivity contribution in [2.24, 2.45) is 0 Å². The molecule has 0 amide bonds. The number of hydrogen-bond acceptors (Lipinski definition) is 3. The topological polar surface area (TPSA) is 43.4 Å². The van der Waals surface area contributed by atoms with Crippen LogP contribution in [0.1, 0.15) is 5.56 Å². The summed E-state index contributed by atoms with van der Waals surface area (Å²) in [7, 11) is -3.17. The second-order valence-electron chi connectivity index (χ2n) is 2.76. The molecule has 1 rings (SSSR count). The number of hydrogen-bond donors (Lipinski definition) is 0. The predicted octanol–water partition coefficient (Wildman–Crippen LogP) is 3.02. The van der Waals surface area contributed by atoms with E-state index in [0.29, 0.717) is 14.7 Å². The molecule has 0 heterocycles. The maximum absolute atomic E-state index is 12.5. The van der Waals surface area contributed by atoms with Gasteiger partial charge in [0.1, 0.15) is 11.5 Å². The van der Waals surface area contributed by atoms with Crippen LogP contribution in [0, 0.1) is 0 Å². The van der Waals surface area contributed by atoms with Crippen LogP contribution in [-0.4, -0.2) is 15.5 Å². The average Bonchev–Trinajstić information content (AvgIpc) is 1.99. The Morgan fingerprint density at radius 3 is 2.47 bits per heavy atom. The van der Waals surface area contributed by atoms with Crippen molar-refractivity contribution in [3.63, 3.8) is 0 Å². The minimum atomic E-state index is -4.56. The maximum Gasteiger partial charge on any atom is 0.306 e. The molecule has 0 spiro atoms. The molecule has 0 N–H and O–H groups in total. The molecule has 0 aromatic heterocycles. The molecule has 0 saturated heterocycles. The summed E-state index contributed by atoms with van der Waals surface area (Å²) in [6.07, 6.45) is 0. The van der Waals surface area contributed by atoms with Crippen LogP contribution >= 0.6 is 31.9 Å². The average molecular weight is 362 g/mol. The standard InChI is InChI=1S/C8H7Br2FO3S/c1-14-8-5(4-15(11,12)13)2-6(9)3-7(8)10/h2-3H,4H2,1H3. The number of methoxy groups -OCH3 is 1. The third kappa shape index (κ3) is 3.73.